The van der Waals surface area contributed by atoms with Gasteiger partial charge in [-0.1, -0.05) is 26.2 Å². The molecule has 3 atom stereocenters. The third kappa shape index (κ3) is 4.71. The third-order valence-electron chi connectivity index (χ3n) is 5.04. The highest BCUT2D eigenvalue weighted by Crippen LogP contribution is 2.27. The molecule has 0 amide bonds. The maximum Gasteiger partial charge on any atom is 0.0674 e. The summed E-state index contributed by atoms with van der Waals surface area (Å²) in [4.78, 5) is 2.65. The van der Waals surface area contributed by atoms with Gasteiger partial charge in [0, 0.05) is 25.2 Å². The van der Waals surface area contributed by atoms with Crippen LogP contribution in [0.4, 0.5) is 0 Å². The van der Waals surface area contributed by atoms with Gasteiger partial charge in [-0.2, -0.15) is 0 Å². The van der Waals surface area contributed by atoms with Crippen LogP contribution in [0.15, 0.2) is 0 Å². The molecular weight excluding hydrogens is 248 g/mol. The highest BCUT2D eigenvalue weighted by Gasteiger charge is 2.29. The molecule has 0 bridgehead atoms. The first-order valence-corrected chi connectivity index (χ1v) is 8.79. The van der Waals surface area contributed by atoms with E-state index in [9.17, 15) is 0 Å². The predicted octanol–water partition coefficient (Wildman–Crippen LogP) is 3.04. The van der Waals surface area contributed by atoms with Crippen LogP contribution < -0.4 is 5.32 Å². The lowest BCUT2D eigenvalue weighted by molar-refractivity contribution is -0.0545. The maximum absolute atomic E-state index is 5.77. The van der Waals surface area contributed by atoms with Crippen molar-refractivity contribution in [2.45, 2.75) is 77.5 Å². The Morgan fingerprint density at radius 1 is 1.20 bits per heavy atom. The summed E-state index contributed by atoms with van der Waals surface area (Å²) in [5.74, 6) is 0.889. The van der Waals surface area contributed by atoms with Crippen LogP contribution in [0.3, 0.4) is 0 Å². The lowest BCUT2D eigenvalue weighted by Gasteiger charge is -2.41. The van der Waals surface area contributed by atoms with E-state index >= 15 is 0 Å². The second-order valence-corrected chi connectivity index (χ2v) is 6.91. The Labute approximate surface area is 125 Å². The summed E-state index contributed by atoms with van der Waals surface area (Å²) in [5.41, 5.74) is 0. The minimum atomic E-state index is 0.393. The Balaban J connectivity index is 1.91. The molecule has 1 aliphatic heterocycles. The van der Waals surface area contributed by atoms with Crippen LogP contribution in [0, 0.1) is 5.92 Å². The first-order valence-electron chi connectivity index (χ1n) is 8.79. The normalized spacial score (nSPS) is 31.4. The predicted molar refractivity (Wildman–Crippen MR) is 85.1 cm³/mol. The number of morpholine rings is 1. The Bertz CT molecular complexity index is 266. The van der Waals surface area contributed by atoms with E-state index in [1.165, 1.54) is 45.1 Å². The van der Waals surface area contributed by atoms with Crippen LogP contribution in [-0.4, -0.2) is 49.3 Å². The fourth-order valence-corrected chi connectivity index (χ4v) is 3.73. The molecular formula is C17H34N2O. The topological polar surface area (TPSA) is 24.5 Å². The fraction of sp³-hybridized carbons (Fsp3) is 1.00. The van der Waals surface area contributed by atoms with Gasteiger partial charge in [0.15, 0.2) is 0 Å². The standard InChI is InChI=1S/C17H34N2O/c1-4-10-18-17(16-8-6-5-7-9-16)12-19-11-15(3)20-13-14(19)2/h14-18H,4-13H2,1-3H3. The van der Waals surface area contributed by atoms with Crippen LogP contribution in [0.1, 0.15) is 59.3 Å². The minimum absolute atomic E-state index is 0.393. The zero-order chi connectivity index (χ0) is 14.4. The molecule has 0 radical (unpaired) electrons. The van der Waals surface area contributed by atoms with Crippen LogP contribution in [-0.2, 0) is 4.74 Å². The summed E-state index contributed by atoms with van der Waals surface area (Å²) < 4.78 is 5.77. The lowest BCUT2D eigenvalue weighted by Crippen LogP contribution is -2.54. The molecule has 0 aromatic heterocycles. The molecule has 0 aromatic carbocycles. The highest BCUT2D eigenvalue weighted by atomic mass is 16.5. The molecule has 2 rings (SSSR count). The number of ether oxygens (including phenoxy) is 1. The largest absolute Gasteiger partial charge is 0.376 e. The number of hydrogen-bond acceptors (Lipinski definition) is 3. The maximum atomic E-state index is 5.77. The van der Waals surface area contributed by atoms with Gasteiger partial charge in [0.25, 0.3) is 0 Å². The Hall–Kier alpha value is -0.120. The highest BCUT2D eigenvalue weighted by molar-refractivity contribution is 4.85. The summed E-state index contributed by atoms with van der Waals surface area (Å²) in [6.07, 6.45) is 8.80. The first-order chi connectivity index (χ1) is 9.70. The summed E-state index contributed by atoms with van der Waals surface area (Å²) in [5, 5.41) is 3.84. The fourth-order valence-electron chi connectivity index (χ4n) is 3.73. The Morgan fingerprint density at radius 3 is 2.65 bits per heavy atom. The zero-order valence-electron chi connectivity index (χ0n) is 13.7. The summed E-state index contributed by atoms with van der Waals surface area (Å²) in [6, 6.07) is 1.25. The van der Waals surface area contributed by atoms with Crippen molar-refractivity contribution in [3.63, 3.8) is 0 Å². The van der Waals surface area contributed by atoms with Crippen LogP contribution in [0.2, 0.25) is 0 Å². The van der Waals surface area contributed by atoms with Gasteiger partial charge in [-0.05, 0) is 45.6 Å². The smallest absolute Gasteiger partial charge is 0.0674 e. The molecule has 3 heteroatoms. The molecule has 20 heavy (non-hydrogen) atoms. The van der Waals surface area contributed by atoms with Crippen molar-refractivity contribution in [3.05, 3.63) is 0 Å². The van der Waals surface area contributed by atoms with Crippen molar-refractivity contribution in [3.8, 4) is 0 Å². The van der Waals surface area contributed by atoms with E-state index in [-0.39, 0.29) is 0 Å². The van der Waals surface area contributed by atoms with Gasteiger partial charge in [0.05, 0.1) is 12.7 Å². The number of hydrogen-bond donors (Lipinski definition) is 1. The van der Waals surface area contributed by atoms with Crippen molar-refractivity contribution in [2.75, 3.05) is 26.2 Å². The van der Waals surface area contributed by atoms with Gasteiger partial charge in [-0.25, -0.2) is 0 Å². The van der Waals surface area contributed by atoms with E-state index in [1.54, 1.807) is 0 Å². The van der Waals surface area contributed by atoms with E-state index in [0.717, 1.165) is 25.6 Å². The molecule has 118 valence electrons. The SMILES string of the molecule is CCCNC(CN1CC(C)OCC1C)C1CCCCC1. The van der Waals surface area contributed by atoms with E-state index < -0.39 is 0 Å². The van der Waals surface area contributed by atoms with Crippen molar-refractivity contribution in [1.29, 1.82) is 0 Å². The molecule has 1 saturated heterocycles. The van der Waals surface area contributed by atoms with Crippen LogP contribution in [0.5, 0.6) is 0 Å². The van der Waals surface area contributed by atoms with E-state index in [2.05, 4.69) is 31.0 Å². The van der Waals surface area contributed by atoms with Gasteiger partial charge < -0.3 is 10.1 Å². The average Bonchev–Trinajstić information content (AvgIpc) is 2.48. The summed E-state index contributed by atoms with van der Waals surface area (Å²) >= 11 is 0. The molecule has 0 spiro atoms. The van der Waals surface area contributed by atoms with E-state index in [1.807, 2.05) is 0 Å². The van der Waals surface area contributed by atoms with Crippen LogP contribution in [0.25, 0.3) is 0 Å². The van der Waals surface area contributed by atoms with Gasteiger partial charge in [0.2, 0.25) is 0 Å². The quantitative estimate of drug-likeness (QED) is 0.810. The first kappa shape index (κ1) is 16.3. The second kappa shape index (κ2) is 8.35. The minimum Gasteiger partial charge on any atom is -0.376 e. The molecule has 1 heterocycles. The Morgan fingerprint density at radius 2 is 1.95 bits per heavy atom. The summed E-state index contributed by atoms with van der Waals surface area (Å²) in [6.45, 7) is 11.1. The van der Waals surface area contributed by atoms with Crippen molar-refractivity contribution in [2.24, 2.45) is 5.92 Å². The third-order valence-corrected chi connectivity index (χ3v) is 5.04. The van der Waals surface area contributed by atoms with E-state index in [4.69, 9.17) is 4.74 Å². The molecule has 2 aliphatic rings. The molecule has 3 unspecified atom stereocenters. The second-order valence-electron chi connectivity index (χ2n) is 6.91. The van der Waals surface area contributed by atoms with Crippen molar-refractivity contribution >= 4 is 0 Å². The van der Waals surface area contributed by atoms with Crippen molar-refractivity contribution < 1.29 is 4.74 Å². The zero-order valence-corrected chi connectivity index (χ0v) is 13.7. The average molecular weight is 282 g/mol. The van der Waals surface area contributed by atoms with Gasteiger partial charge in [0.1, 0.15) is 0 Å². The molecule has 1 N–H and O–H groups in total. The molecule has 1 saturated carbocycles. The summed E-state index contributed by atoms with van der Waals surface area (Å²) in [7, 11) is 0. The van der Waals surface area contributed by atoms with Gasteiger partial charge in [-0.15, -0.1) is 0 Å². The monoisotopic (exact) mass is 282 g/mol. The molecule has 0 aromatic rings. The van der Waals surface area contributed by atoms with E-state index in [0.29, 0.717) is 18.2 Å². The molecule has 2 fully saturated rings. The molecule has 3 nitrogen and oxygen atoms in total. The number of nitrogens with zero attached hydrogens (tertiary/aromatic N) is 1. The van der Waals surface area contributed by atoms with Crippen LogP contribution >= 0.6 is 0 Å². The number of rotatable bonds is 6. The lowest BCUT2D eigenvalue weighted by atomic mass is 9.83. The Kier molecular flexibility index (Phi) is 6.79. The number of nitrogens with one attached hydrogen (secondary N) is 1. The van der Waals surface area contributed by atoms with Gasteiger partial charge in [-0.3, -0.25) is 4.90 Å². The molecule has 1 aliphatic carbocycles. The van der Waals surface area contributed by atoms with Crippen molar-refractivity contribution in [1.82, 2.24) is 10.2 Å². The van der Waals surface area contributed by atoms with Gasteiger partial charge >= 0.3 is 0 Å².